The average Bonchev–Trinajstić information content (AvgIpc) is 2.34. The van der Waals surface area contributed by atoms with Gasteiger partial charge in [-0.25, -0.2) is 0 Å². The fraction of sp³-hybridized carbons (Fsp3) is 0.562. The zero-order valence-electron chi connectivity index (χ0n) is 12.5. The molecule has 4 heteroatoms. The monoisotopic (exact) mass is 276 g/mol. The van der Waals surface area contributed by atoms with E-state index in [0.29, 0.717) is 12.5 Å². The van der Waals surface area contributed by atoms with E-state index in [-0.39, 0.29) is 11.8 Å². The SMILES string of the molecule is CC(C(=O)NCC(C)(C)Oc1ccccc1)C1CNC1. The largest absolute Gasteiger partial charge is 0.486 e. The Morgan fingerprint density at radius 1 is 1.40 bits per heavy atom. The highest BCUT2D eigenvalue weighted by Gasteiger charge is 2.30. The fourth-order valence-electron chi connectivity index (χ4n) is 2.18. The van der Waals surface area contributed by atoms with Crippen molar-refractivity contribution in [2.45, 2.75) is 26.4 Å². The molecule has 1 amide bonds. The Balaban J connectivity index is 1.80. The van der Waals surface area contributed by atoms with Gasteiger partial charge < -0.3 is 15.4 Å². The number of carbonyl (C=O) groups is 1. The Morgan fingerprint density at radius 3 is 2.60 bits per heavy atom. The van der Waals surface area contributed by atoms with Crippen LogP contribution in [0.1, 0.15) is 20.8 Å². The van der Waals surface area contributed by atoms with Crippen LogP contribution >= 0.6 is 0 Å². The highest BCUT2D eigenvalue weighted by molar-refractivity contribution is 5.78. The van der Waals surface area contributed by atoms with Gasteiger partial charge in [0.1, 0.15) is 11.4 Å². The number of hydrogen-bond donors (Lipinski definition) is 2. The molecule has 1 aromatic rings. The van der Waals surface area contributed by atoms with Crippen molar-refractivity contribution in [1.82, 2.24) is 10.6 Å². The van der Waals surface area contributed by atoms with Crippen molar-refractivity contribution in [3.8, 4) is 5.75 Å². The van der Waals surface area contributed by atoms with E-state index in [9.17, 15) is 4.79 Å². The minimum absolute atomic E-state index is 0.0591. The quantitative estimate of drug-likeness (QED) is 0.833. The molecule has 0 aliphatic carbocycles. The normalized spacial score (nSPS) is 17.1. The first-order chi connectivity index (χ1) is 9.48. The van der Waals surface area contributed by atoms with Crippen molar-refractivity contribution in [3.63, 3.8) is 0 Å². The van der Waals surface area contributed by atoms with Crippen LogP contribution in [0.3, 0.4) is 0 Å². The minimum Gasteiger partial charge on any atom is -0.486 e. The molecule has 110 valence electrons. The van der Waals surface area contributed by atoms with Crippen molar-refractivity contribution in [2.75, 3.05) is 19.6 Å². The van der Waals surface area contributed by atoms with Crippen LogP contribution in [-0.2, 0) is 4.79 Å². The highest BCUT2D eigenvalue weighted by atomic mass is 16.5. The Kier molecular flexibility index (Phi) is 4.65. The van der Waals surface area contributed by atoms with E-state index < -0.39 is 5.60 Å². The third kappa shape index (κ3) is 3.97. The summed E-state index contributed by atoms with van der Waals surface area (Å²) in [5.41, 5.74) is -0.422. The van der Waals surface area contributed by atoms with Gasteiger partial charge in [-0.05, 0) is 45.0 Å². The summed E-state index contributed by atoms with van der Waals surface area (Å²) in [5, 5.41) is 6.20. The van der Waals surface area contributed by atoms with Crippen LogP contribution < -0.4 is 15.4 Å². The van der Waals surface area contributed by atoms with Gasteiger partial charge in [0.15, 0.2) is 0 Å². The summed E-state index contributed by atoms with van der Waals surface area (Å²) in [6.07, 6.45) is 0. The molecule has 1 aromatic carbocycles. The van der Waals surface area contributed by atoms with Crippen molar-refractivity contribution in [2.24, 2.45) is 11.8 Å². The summed E-state index contributed by atoms with van der Waals surface area (Å²) < 4.78 is 5.91. The zero-order valence-corrected chi connectivity index (χ0v) is 12.5. The van der Waals surface area contributed by atoms with E-state index in [1.807, 2.05) is 51.1 Å². The molecule has 0 spiro atoms. The maximum absolute atomic E-state index is 12.1. The number of nitrogens with one attached hydrogen (secondary N) is 2. The number of ether oxygens (including phenoxy) is 1. The van der Waals surface area contributed by atoms with E-state index in [1.54, 1.807) is 0 Å². The fourth-order valence-corrected chi connectivity index (χ4v) is 2.18. The molecule has 0 radical (unpaired) electrons. The summed E-state index contributed by atoms with van der Waals surface area (Å²) >= 11 is 0. The molecule has 1 heterocycles. The van der Waals surface area contributed by atoms with Gasteiger partial charge in [-0.15, -0.1) is 0 Å². The first kappa shape index (κ1) is 14.9. The summed E-state index contributed by atoms with van der Waals surface area (Å²) in [6, 6.07) is 9.68. The third-order valence-electron chi connectivity index (χ3n) is 3.76. The van der Waals surface area contributed by atoms with Crippen LogP contribution in [-0.4, -0.2) is 31.1 Å². The van der Waals surface area contributed by atoms with Gasteiger partial charge in [0, 0.05) is 5.92 Å². The summed E-state index contributed by atoms with van der Waals surface area (Å²) in [4.78, 5) is 12.1. The third-order valence-corrected chi connectivity index (χ3v) is 3.76. The standard InChI is InChI=1S/C16H24N2O2/c1-12(13-9-17-10-13)15(19)18-11-16(2,3)20-14-7-5-4-6-8-14/h4-8,12-13,17H,9-11H2,1-3H3,(H,18,19). The molecular weight excluding hydrogens is 252 g/mol. The van der Waals surface area contributed by atoms with Crippen LogP contribution in [0.5, 0.6) is 5.75 Å². The van der Waals surface area contributed by atoms with E-state index in [2.05, 4.69) is 10.6 Å². The van der Waals surface area contributed by atoms with E-state index in [4.69, 9.17) is 4.74 Å². The maximum atomic E-state index is 12.1. The second kappa shape index (κ2) is 6.27. The van der Waals surface area contributed by atoms with Crippen LogP contribution in [0.2, 0.25) is 0 Å². The topological polar surface area (TPSA) is 50.4 Å². The molecule has 2 N–H and O–H groups in total. The molecule has 1 unspecified atom stereocenters. The van der Waals surface area contributed by atoms with E-state index in [1.165, 1.54) is 0 Å². The van der Waals surface area contributed by atoms with Gasteiger partial charge in [-0.1, -0.05) is 25.1 Å². The molecule has 0 saturated carbocycles. The summed E-state index contributed by atoms with van der Waals surface area (Å²) in [7, 11) is 0. The average molecular weight is 276 g/mol. The second-order valence-corrected chi connectivity index (χ2v) is 6.10. The molecule has 1 saturated heterocycles. The van der Waals surface area contributed by atoms with Crippen LogP contribution in [0.25, 0.3) is 0 Å². The molecule has 20 heavy (non-hydrogen) atoms. The first-order valence-electron chi connectivity index (χ1n) is 7.20. The Bertz CT molecular complexity index is 441. The zero-order chi connectivity index (χ0) is 14.6. The number of para-hydroxylation sites is 1. The van der Waals surface area contributed by atoms with Crippen LogP contribution in [0.15, 0.2) is 30.3 Å². The predicted octanol–water partition coefficient (Wildman–Crippen LogP) is 1.82. The lowest BCUT2D eigenvalue weighted by atomic mass is 9.88. The summed E-state index contributed by atoms with van der Waals surface area (Å²) in [6.45, 7) is 8.35. The van der Waals surface area contributed by atoms with E-state index >= 15 is 0 Å². The predicted molar refractivity (Wildman–Crippen MR) is 79.7 cm³/mol. The van der Waals surface area contributed by atoms with Gasteiger partial charge in [0.05, 0.1) is 6.54 Å². The van der Waals surface area contributed by atoms with Gasteiger partial charge in [0.2, 0.25) is 5.91 Å². The van der Waals surface area contributed by atoms with Crippen molar-refractivity contribution >= 4 is 5.91 Å². The maximum Gasteiger partial charge on any atom is 0.223 e. The van der Waals surface area contributed by atoms with Crippen molar-refractivity contribution in [3.05, 3.63) is 30.3 Å². The first-order valence-corrected chi connectivity index (χ1v) is 7.20. The van der Waals surface area contributed by atoms with E-state index in [0.717, 1.165) is 18.8 Å². The number of hydrogen-bond acceptors (Lipinski definition) is 3. The molecular formula is C16H24N2O2. The lowest BCUT2D eigenvalue weighted by Crippen LogP contribution is -2.51. The number of amides is 1. The van der Waals surface area contributed by atoms with Gasteiger partial charge >= 0.3 is 0 Å². The minimum atomic E-state index is -0.422. The molecule has 0 aromatic heterocycles. The Morgan fingerprint density at radius 2 is 2.05 bits per heavy atom. The lowest BCUT2D eigenvalue weighted by molar-refractivity contribution is -0.127. The number of benzene rings is 1. The highest BCUT2D eigenvalue weighted by Crippen LogP contribution is 2.18. The molecule has 0 bridgehead atoms. The van der Waals surface area contributed by atoms with Crippen LogP contribution in [0, 0.1) is 11.8 Å². The molecule has 4 nitrogen and oxygen atoms in total. The molecule has 1 atom stereocenters. The molecule has 1 aliphatic rings. The van der Waals surface area contributed by atoms with Gasteiger partial charge in [0.25, 0.3) is 0 Å². The van der Waals surface area contributed by atoms with Gasteiger partial charge in [-0.3, -0.25) is 4.79 Å². The summed E-state index contributed by atoms with van der Waals surface area (Å²) in [5.74, 6) is 1.46. The second-order valence-electron chi connectivity index (χ2n) is 6.10. The molecule has 1 fully saturated rings. The molecule has 2 rings (SSSR count). The number of rotatable bonds is 6. The Labute approximate surface area is 120 Å². The smallest absolute Gasteiger partial charge is 0.223 e. The molecule has 1 aliphatic heterocycles. The lowest BCUT2D eigenvalue weighted by Gasteiger charge is -2.33. The van der Waals surface area contributed by atoms with Crippen molar-refractivity contribution < 1.29 is 9.53 Å². The van der Waals surface area contributed by atoms with Crippen LogP contribution in [0.4, 0.5) is 0 Å². The van der Waals surface area contributed by atoms with Gasteiger partial charge in [-0.2, -0.15) is 0 Å². The Hall–Kier alpha value is -1.55. The number of carbonyl (C=O) groups excluding carboxylic acids is 1. The van der Waals surface area contributed by atoms with Crippen molar-refractivity contribution in [1.29, 1.82) is 0 Å².